The van der Waals surface area contributed by atoms with Crippen LogP contribution in [0.1, 0.15) is 37.4 Å². The van der Waals surface area contributed by atoms with Gasteiger partial charge in [-0.1, -0.05) is 0 Å². The van der Waals surface area contributed by atoms with Gasteiger partial charge in [0.25, 0.3) is 0 Å². The summed E-state index contributed by atoms with van der Waals surface area (Å²) in [6.07, 6.45) is 8.50. The van der Waals surface area contributed by atoms with Crippen LogP contribution in [0.2, 0.25) is 0 Å². The molecule has 1 fully saturated rings. The minimum Gasteiger partial charge on any atom is -0.378 e. The fourth-order valence-electron chi connectivity index (χ4n) is 2.24. The number of hydrazine groups is 1. The van der Waals surface area contributed by atoms with Crippen LogP contribution in [-0.2, 0) is 11.8 Å². The van der Waals surface area contributed by atoms with Crippen molar-refractivity contribution in [3.63, 3.8) is 0 Å². The van der Waals surface area contributed by atoms with Crippen molar-refractivity contribution < 1.29 is 4.74 Å². The van der Waals surface area contributed by atoms with Crippen LogP contribution in [0.15, 0.2) is 12.5 Å². The maximum absolute atomic E-state index is 5.60. The van der Waals surface area contributed by atoms with Gasteiger partial charge in [-0.2, -0.15) is 0 Å². The van der Waals surface area contributed by atoms with Crippen molar-refractivity contribution in [1.29, 1.82) is 0 Å². The van der Waals surface area contributed by atoms with E-state index in [1.807, 2.05) is 17.8 Å². The smallest absolute Gasteiger partial charge is 0.0946 e. The topological polar surface area (TPSA) is 65.1 Å². The van der Waals surface area contributed by atoms with Crippen LogP contribution in [0.4, 0.5) is 0 Å². The van der Waals surface area contributed by atoms with Gasteiger partial charge >= 0.3 is 0 Å². The molecule has 2 rings (SSSR count). The molecule has 0 aromatic carbocycles. The first kappa shape index (κ1) is 11.6. The maximum Gasteiger partial charge on any atom is 0.0946 e. The minimum atomic E-state index is 0.164. The van der Waals surface area contributed by atoms with Gasteiger partial charge < -0.3 is 9.30 Å². The second-order valence-corrected chi connectivity index (χ2v) is 4.36. The molecular weight excluding hydrogens is 204 g/mol. The Morgan fingerprint density at radius 3 is 3.19 bits per heavy atom. The van der Waals surface area contributed by atoms with Gasteiger partial charge in [0, 0.05) is 19.9 Å². The number of hydrogen-bond acceptors (Lipinski definition) is 4. The molecule has 2 unspecified atom stereocenters. The molecule has 0 bridgehead atoms. The van der Waals surface area contributed by atoms with Gasteiger partial charge in [-0.25, -0.2) is 4.98 Å². The number of nitrogens with two attached hydrogens (primary N) is 1. The van der Waals surface area contributed by atoms with Gasteiger partial charge in [-0.3, -0.25) is 11.3 Å². The van der Waals surface area contributed by atoms with E-state index in [4.69, 9.17) is 10.6 Å². The monoisotopic (exact) mass is 224 g/mol. The van der Waals surface area contributed by atoms with Gasteiger partial charge in [0.1, 0.15) is 0 Å². The number of imidazole rings is 1. The highest BCUT2D eigenvalue weighted by Crippen LogP contribution is 2.22. The Morgan fingerprint density at radius 1 is 1.75 bits per heavy atom. The molecule has 5 heteroatoms. The Balaban J connectivity index is 1.88. The zero-order valence-corrected chi connectivity index (χ0v) is 9.72. The lowest BCUT2D eigenvalue weighted by molar-refractivity contribution is 0.0994. The third-order valence-corrected chi connectivity index (χ3v) is 3.21. The summed E-state index contributed by atoms with van der Waals surface area (Å²) in [6, 6.07) is 0.164. The average molecular weight is 224 g/mol. The lowest BCUT2D eigenvalue weighted by atomic mass is 10.0. The molecule has 0 radical (unpaired) electrons. The molecule has 3 N–H and O–H groups in total. The van der Waals surface area contributed by atoms with E-state index in [2.05, 4.69) is 10.4 Å². The minimum absolute atomic E-state index is 0.164. The third kappa shape index (κ3) is 2.61. The van der Waals surface area contributed by atoms with Crippen LogP contribution in [0.5, 0.6) is 0 Å². The van der Waals surface area contributed by atoms with Crippen LogP contribution in [0, 0.1) is 0 Å². The molecule has 0 aliphatic carbocycles. The molecule has 2 atom stereocenters. The fourth-order valence-corrected chi connectivity index (χ4v) is 2.24. The standard InChI is InChI=1S/C11H20N4O/c1-15-8-13-7-11(15)10(14-12)5-4-9-3-2-6-16-9/h7-10,14H,2-6,12H2,1H3. The molecule has 16 heavy (non-hydrogen) atoms. The van der Waals surface area contributed by atoms with Crippen molar-refractivity contribution in [3.05, 3.63) is 18.2 Å². The summed E-state index contributed by atoms with van der Waals surface area (Å²) in [7, 11) is 1.98. The number of rotatable bonds is 5. The maximum atomic E-state index is 5.60. The molecule has 0 spiro atoms. The Labute approximate surface area is 96.0 Å². The van der Waals surface area contributed by atoms with Crippen molar-refractivity contribution in [1.82, 2.24) is 15.0 Å². The van der Waals surface area contributed by atoms with Crippen molar-refractivity contribution in [2.75, 3.05) is 6.61 Å². The van der Waals surface area contributed by atoms with E-state index in [9.17, 15) is 0 Å². The summed E-state index contributed by atoms with van der Waals surface area (Å²) in [4.78, 5) is 4.11. The summed E-state index contributed by atoms with van der Waals surface area (Å²) in [6.45, 7) is 0.914. The lowest BCUT2D eigenvalue weighted by Gasteiger charge is -2.18. The SMILES string of the molecule is Cn1cncc1C(CCC1CCCO1)NN. The van der Waals surface area contributed by atoms with Crippen molar-refractivity contribution in [3.8, 4) is 0 Å². The third-order valence-electron chi connectivity index (χ3n) is 3.21. The van der Waals surface area contributed by atoms with Gasteiger partial charge in [0.2, 0.25) is 0 Å². The second kappa shape index (κ2) is 5.43. The summed E-state index contributed by atoms with van der Waals surface area (Å²) in [5.74, 6) is 5.59. The molecular formula is C11H20N4O. The number of nitrogens with one attached hydrogen (secondary N) is 1. The number of nitrogens with zero attached hydrogens (tertiary/aromatic N) is 2. The number of aromatic nitrogens is 2. The van der Waals surface area contributed by atoms with Crippen LogP contribution >= 0.6 is 0 Å². The van der Waals surface area contributed by atoms with Gasteiger partial charge in [-0.15, -0.1) is 0 Å². The van der Waals surface area contributed by atoms with E-state index in [0.29, 0.717) is 6.10 Å². The molecule has 1 aliphatic rings. The van der Waals surface area contributed by atoms with Gasteiger partial charge in [-0.05, 0) is 25.7 Å². The van der Waals surface area contributed by atoms with Gasteiger partial charge in [0.05, 0.1) is 24.2 Å². The number of aryl methyl sites for hydroxylation is 1. The molecule has 1 aromatic heterocycles. The van der Waals surface area contributed by atoms with Gasteiger partial charge in [0.15, 0.2) is 0 Å². The average Bonchev–Trinajstić information content (AvgIpc) is 2.92. The van der Waals surface area contributed by atoms with Crippen LogP contribution in [0.25, 0.3) is 0 Å². The van der Waals surface area contributed by atoms with E-state index in [1.165, 1.54) is 12.8 Å². The molecule has 0 amide bonds. The Hall–Kier alpha value is -0.910. The Kier molecular flexibility index (Phi) is 3.93. The lowest BCUT2D eigenvalue weighted by Crippen LogP contribution is -2.30. The van der Waals surface area contributed by atoms with Crippen molar-refractivity contribution in [2.45, 2.75) is 37.8 Å². The highest BCUT2D eigenvalue weighted by molar-refractivity contribution is 5.04. The molecule has 90 valence electrons. The van der Waals surface area contributed by atoms with E-state index in [1.54, 1.807) is 6.33 Å². The van der Waals surface area contributed by atoms with Crippen molar-refractivity contribution >= 4 is 0 Å². The molecule has 1 aliphatic heterocycles. The van der Waals surface area contributed by atoms with Crippen LogP contribution in [0.3, 0.4) is 0 Å². The predicted octanol–water partition coefficient (Wildman–Crippen LogP) is 0.884. The molecule has 1 aromatic rings. The predicted molar refractivity (Wildman–Crippen MR) is 61.5 cm³/mol. The fraction of sp³-hybridized carbons (Fsp3) is 0.727. The summed E-state index contributed by atoms with van der Waals surface area (Å²) in [5, 5.41) is 0. The Bertz CT molecular complexity index is 320. The first-order chi connectivity index (χ1) is 7.81. The molecule has 0 saturated carbocycles. The summed E-state index contributed by atoms with van der Waals surface area (Å²) < 4.78 is 7.60. The first-order valence-electron chi connectivity index (χ1n) is 5.85. The largest absolute Gasteiger partial charge is 0.378 e. The highest BCUT2D eigenvalue weighted by Gasteiger charge is 2.19. The molecule has 1 saturated heterocycles. The summed E-state index contributed by atoms with van der Waals surface area (Å²) >= 11 is 0. The van der Waals surface area contributed by atoms with Crippen molar-refractivity contribution in [2.24, 2.45) is 12.9 Å². The number of hydrogen-bond donors (Lipinski definition) is 2. The molecule has 5 nitrogen and oxygen atoms in total. The van der Waals surface area contributed by atoms with E-state index in [0.717, 1.165) is 25.1 Å². The van der Waals surface area contributed by atoms with Crippen LogP contribution < -0.4 is 11.3 Å². The normalized spacial score (nSPS) is 22.5. The quantitative estimate of drug-likeness (QED) is 0.575. The van der Waals surface area contributed by atoms with E-state index >= 15 is 0 Å². The zero-order valence-electron chi connectivity index (χ0n) is 9.72. The first-order valence-corrected chi connectivity index (χ1v) is 5.85. The number of ether oxygens (including phenoxy) is 1. The second-order valence-electron chi connectivity index (χ2n) is 4.36. The zero-order chi connectivity index (χ0) is 11.4. The molecule has 2 heterocycles. The van der Waals surface area contributed by atoms with E-state index in [-0.39, 0.29) is 6.04 Å². The van der Waals surface area contributed by atoms with E-state index < -0.39 is 0 Å². The summed E-state index contributed by atoms with van der Waals surface area (Å²) in [5.41, 5.74) is 3.98. The Morgan fingerprint density at radius 2 is 2.62 bits per heavy atom. The highest BCUT2D eigenvalue weighted by atomic mass is 16.5. The van der Waals surface area contributed by atoms with Crippen LogP contribution in [-0.4, -0.2) is 22.3 Å².